The number of piperidine rings is 1. The molecule has 2 N–H and O–H groups in total. The highest BCUT2D eigenvalue weighted by Gasteiger charge is 2.16. The molecular formula is C22H31N5O. The Morgan fingerprint density at radius 1 is 1.14 bits per heavy atom. The summed E-state index contributed by atoms with van der Waals surface area (Å²) in [7, 11) is 0. The van der Waals surface area contributed by atoms with Crippen LogP contribution in [-0.4, -0.2) is 35.5 Å². The molecule has 1 aliphatic rings. The zero-order chi connectivity index (χ0) is 19.9. The molecular weight excluding hydrogens is 350 g/mol. The van der Waals surface area contributed by atoms with Crippen molar-refractivity contribution in [3.63, 3.8) is 0 Å². The number of nitrogens with one attached hydrogen (secondary N) is 2. The first kappa shape index (κ1) is 20.1. The number of aromatic nitrogens is 2. The Morgan fingerprint density at radius 2 is 1.86 bits per heavy atom. The van der Waals surface area contributed by atoms with Crippen molar-refractivity contribution in [1.29, 1.82) is 0 Å². The van der Waals surface area contributed by atoms with Gasteiger partial charge in [-0.2, -0.15) is 0 Å². The van der Waals surface area contributed by atoms with Crippen LogP contribution >= 0.6 is 0 Å². The van der Waals surface area contributed by atoms with Gasteiger partial charge < -0.3 is 15.5 Å². The number of nitrogens with zero attached hydrogens (tertiary/aromatic N) is 3. The van der Waals surface area contributed by atoms with Gasteiger partial charge in [-0.3, -0.25) is 4.79 Å². The average Bonchev–Trinajstić information content (AvgIpc) is 2.69. The number of carbonyl (C=O) groups is 1. The lowest BCUT2D eigenvalue weighted by molar-refractivity contribution is 0.102. The lowest BCUT2D eigenvalue weighted by Crippen LogP contribution is -2.32. The van der Waals surface area contributed by atoms with Gasteiger partial charge >= 0.3 is 0 Å². The fourth-order valence-electron chi connectivity index (χ4n) is 3.24. The van der Waals surface area contributed by atoms with Crippen LogP contribution in [0.5, 0.6) is 0 Å². The second kappa shape index (κ2) is 9.53. The molecule has 6 nitrogen and oxygen atoms in total. The van der Waals surface area contributed by atoms with Crippen molar-refractivity contribution in [2.75, 3.05) is 35.2 Å². The Kier molecular flexibility index (Phi) is 6.85. The summed E-state index contributed by atoms with van der Waals surface area (Å²) < 4.78 is 0. The zero-order valence-corrected chi connectivity index (χ0v) is 17.1. The highest BCUT2D eigenvalue weighted by molar-refractivity contribution is 6.02. The van der Waals surface area contributed by atoms with E-state index >= 15 is 0 Å². The van der Waals surface area contributed by atoms with E-state index in [1.807, 2.05) is 12.1 Å². The monoisotopic (exact) mass is 381 g/mol. The number of rotatable bonds is 7. The van der Waals surface area contributed by atoms with Gasteiger partial charge in [0.1, 0.15) is 11.5 Å². The third kappa shape index (κ3) is 5.68. The van der Waals surface area contributed by atoms with E-state index < -0.39 is 0 Å². The molecule has 2 aromatic rings. The second-order valence-electron chi connectivity index (χ2n) is 8.07. The van der Waals surface area contributed by atoms with Gasteiger partial charge in [-0.15, -0.1) is 0 Å². The van der Waals surface area contributed by atoms with E-state index in [0.717, 1.165) is 37.7 Å². The van der Waals surface area contributed by atoms with Crippen LogP contribution in [0.2, 0.25) is 0 Å². The molecule has 0 bridgehead atoms. The maximum atomic E-state index is 12.4. The standard InChI is InChI=1S/C22H31N5O/c1-16(2)8-11-23-21-15-24-20(14-25-21)22(28)26-18-4-6-19(7-5-18)27-12-9-17(3)10-13-27/h4-7,14-17H,8-13H2,1-3H3,(H,23,25)(H,26,28). The maximum absolute atomic E-state index is 12.4. The van der Waals surface area contributed by atoms with Crippen LogP contribution in [-0.2, 0) is 0 Å². The van der Waals surface area contributed by atoms with Crippen molar-refractivity contribution < 1.29 is 4.79 Å². The molecule has 6 heteroatoms. The molecule has 3 rings (SSSR count). The smallest absolute Gasteiger partial charge is 0.275 e. The van der Waals surface area contributed by atoms with E-state index in [1.165, 1.54) is 24.7 Å². The van der Waals surface area contributed by atoms with E-state index in [4.69, 9.17) is 0 Å². The first-order valence-corrected chi connectivity index (χ1v) is 10.2. The predicted molar refractivity (Wildman–Crippen MR) is 115 cm³/mol. The summed E-state index contributed by atoms with van der Waals surface area (Å²) in [6, 6.07) is 8.03. The van der Waals surface area contributed by atoms with E-state index in [-0.39, 0.29) is 5.91 Å². The highest BCUT2D eigenvalue weighted by atomic mass is 16.1. The van der Waals surface area contributed by atoms with Crippen molar-refractivity contribution in [2.24, 2.45) is 11.8 Å². The largest absolute Gasteiger partial charge is 0.372 e. The molecule has 1 aromatic carbocycles. The minimum Gasteiger partial charge on any atom is -0.372 e. The van der Waals surface area contributed by atoms with Crippen molar-refractivity contribution >= 4 is 23.1 Å². The van der Waals surface area contributed by atoms with Crippen LogP contribution < -0.4 is 15.5 Å². The summed E-state index contributed by atoms with van der Waals surface area (Å²) in [4.78, 5) is 23.3. The quantitative estimate of drug-likeness (QED) is 0.743. The highest BCUT2D eigenvalue weighted by Crippen LogP contribution is 2.24. The Morgan fingerprint density at radius 3 is 2.46 bits per heavy atom. The summed E-state index contributed by atoms with van der Waals surface area (Å²) in [5.41, 5.74) is 2.28. The number of carbonyl (C=O) groups excluding carboxylic acids is 1. The van der Waals surface area contributed by atoms with Gasteiger partial charge in [0.25, 0.3) is 5.91 Å². The van der Waals surface area contributed by atoms with Gasteiger partial charge in [0.15, 0.2) is 0 Å². The second-order valence-corrected chi connectivity index (χ2v) is 8.07. The molecule has 1 saturated heterocycles. The number of benzene rings is 1. The zero-order valence-electron chi connectivity index (χ0n) is 17.1. The molecule has 150 valence electrons. The van der Waals surface area contributed by atoms with Gasteiger partial charge in [0, 0.05) is 31.0 Å². The third-order valence-electron chi connectivity index (χ3n) is 5.19. The molecule has 0 unspecified atom stereocenters. The molecule has 0 saturated carbocycles. The average molecular weight is 382 g/mol. The molecule has 28 heavy (non-hydrogen) atoms. The SMILES string of the molecule is CC(C)CCNc1cnc(C(=O)Nc2ccc(N3CCC(C)CC3)cc2)cn1. The molecule has 0 atom stereocenters. The number of amides is 1. The van der Waals surface area contributed by atoms with Crippen molar-refractivity contribution in [3.8, 4) is 0 Å². The molecule has 1 fully saturated rings. The van der Waals surface area contributed by atoms with Gasteiger partial charge in [0.2, 0.25) is 0 Å². The molecule has 0 radical (unpaired) electrons. The molecule has 0 aliphatic carbocycles. The summed E-state index contributed by atoms with van der Waals surface area (Å²) in [5, 5.41) is 6.11. The minimum absolute atomic E-state index is 0.249. The fraction of sp³-hybridized carbons (Fsp3) is 0.500. The van der Waals surface area contributed by atoms with Crippen molar-refractivity contribution in [2.45, 2.75) is 40.0 Å². The number of hydrogen-bond acceptors (Lipinski definition) is 5. The molecule has 1 amide bonds. The minimum atomic E-state index is -0.249. The van der Waals surface area contributed by atoms with Crippen LogP contribution in [0.4, 0.5) is 17.2 Å². The molecule has 1 aromatic heterocycles. The lowest BCUT2D eigenvalue weighted by Gasteiger charge is -2.32. The van der Waals surface area contributed by atoms with Crippen LogP contribution in [0.1, 0.15) is 50.5 Å². The first-order valence-electron chi connectivity index (χ1n) is 10.2. The summed E-state index contributed by atoms with van der Waals surface area (Å²) in [5.74, 6) is 1.89. The van der Waals surface area contributed by atoms with Gasteiger partial charge in [-0.05, 0) is 55.4 Å². The van der Waals surface area contributed by atoms with Crippen molar-refractivity contribution in [3.05, 3.63) is 42.4 Å². The predicted octanol–water partition coefficient (Wildman–Crippen LogP) is 4.42. The van der Waals surface area contributed by atoms with Crippen LogP contribution in [0.3, 0.4) is 0 Å². The van der Waals surface area contributed by atoms with E-state index in [1.54, 1.807) is 6.20 Å². The number of hydrogen-bond donors (Lipinski definition) is 2. The van der Waals surface area contributed by atoms with E-state index in [0.29, 0.717) is 17.4 Å². The lowest BCUT2D eigenvalue weighted by atomic mass is 9.99. The van der Waals surface area contributed by atoms with Crippen LogP contribution in [0.25, 0.3) is 0 Å². The van der Waals surface area contributed by atoms with E-state index in [9.17, 15) is 4.79 Å². The van der Waals surface area contributed by atoms with Gasteiger partial charge in [0.05, 0.1) is 12.4 Å². The third-order valence-corrected chi connectivity index (χ3v) is 5.19. The molecule has 2 heterocycles. The summed E-state index contributed by atoms with van der Waals surface area (Å²) in [6.07, 6.45) is 6.65. The Hall–Kier alpha value is -2.63. The number of anilines is 3. The van der Waals surface area contributed by atoms with Crippen LogP contribution in [0, 0.1) is 11.8 Å². The van der Waals surface area contributed by atoms with Crippen LogP contribution in [0.15, 0.2) is 36.7 Å². The Labute approximate surface area is 167 Å². The maximum Gasteiger partial charge on any atom is 0.275 e. The van der Waals surface area contributed by atoms with Crippen molar-refractivity contribution in [1.82, 2.24) is 9.97 Å². The fourth-order valence-corrected chi connectivity index (χ4v) is 3.24. The summed E-state index contributed by atoms with van der Waals surface area (Å²) in [6.45, 7) is 9.72. The van der Waals surface area contributed by atoms with Gasteiger partial charge in [-0.1, -0.05) is 20.8 Å². The summed E-state index contributed by atoms with van der Waals surface area (Å²) >= 11 is 0. The Balaban J connectivity index is 1.52. The first-order chi connectivity index (χ1) is 13.5. The Bertz CT molecular complexity index is 750. The normalized spacial score (nSPS) is 14.9. The molecule has 1 aliphatic heterocycles. The molecule has 0 spiro atoms. The van der Waals surface area contributed by atoms with Gasteiger partial charge in [-0.25, -0.2) is 9.97 Å². The van der Waals surface area contributed by atoms with E-state index in [2.05, 4.69) is 58.4 Å². The topological polar surface area (TPSA) is 70.2 Å².